The van der Waals surface area contributed by atoms with Crippen LogP contribution in [0.2, 0.25) is 0 Å². The van der Waals surface area contributed by atoms with Gasteiger partial charge < -0.3 is 10.3 Å². The Hall–Kier alpha value is -1.81. The number of amides is 1. The van der Waals surface area contributed by atoms with Crippen LogP contribution in [0.15, 0.2) is 24.4 Å². The van der Waals surface area contributed by atoms with Gasteiger partial charge in [0.1, 0.15) is 0 Å². The summed E-state index contributed by atoms with van der Waals surface area (Å²) >= 11 is 0. The van der Waals surface area contributed by atoms with Crippen molar-refractivity contribution in [1.29, 1.82) is 0 Å². The summed E-state index contributed by atoms with van der Waals surface area (Å²) in [5.74, 6) is 0.0689. The van der Waals surface area contributed by atoms with Gasteiger partial charge in [-0.2, -0.15) is 0 Å². The Morgan fingerprint density at radius 3 is 3.15 bits per heavy atom. The molecule has 1 unspecified atom stereocenters. The lowest BCUT2D eigenvalue weighted by Gasteiger charge is -2.15. The van der Waals surface area contributed by atoms with Gasteiger partial charge in [0.25, 0.3) is 0 Å². The van der Waals surface area contributed by atoms with Crippen LogP contribution < -0.4 is 5.32 Å². The first kappa shape index (κ1) is 13.2. The fraction of sp³-hybridized carbons (Fsp3) is 0.438. The molecule has 20 heavy (non-hydrogen) atoms. The predicted molar refractivity (Wildman–Crippen MR) is 80.5 cm³/mol. The summed E-state index contributed by atoms with van der Waals surface area (Å²) in [6.07, 6.45) is 3.15. The van der Waals surface area contributed by atoms with Crippen molar-refractivity contribution in [1.82, 2.24) is 15.2 Å². The molecule has 1 aromatic heterocycles. The van der Waals surface area contributed by atoms with Gasteiger partial charge in [-0.15, -0.1) is 0 Å². The molecular formula is C16H21N3O. The molecule has 0 radical (unpaired) electrons. The summed E-state index contributed by atoms with van der Waals surface area (Å²) in [7, 11) is 0. The minimum Gasteiger partial charge on any atom is -0.361 e. The minimum absolute atomic E-state index is 0.0689. The largest absolute Gasteiger partial charge is 0.361 e. The van der Waals surface area contributed by atoms with Crippen molar-refractivity contribution in [2.45, 2.75) is 32.9 Å². The monoisotopic (exact) mass is 271 g/mol. The molecule has 2 heterocycles. The number of nitrogens with zero attached hydrogens (tertiary/aromatic N) is 1. The van der Waals surface area contributed by atoms with Crippen molar-refractivity contribution in [2.75, 3.05) is 13.1 Å². The Labute approximate surface area is 119 Å². The zero-order valence-electron chi connectivity index (χ0n) is 12.1. The van der Waals surface area contributed by atoms with Gasteiger partial charge in [0.2, 0.25) is 5.91 Å². The minimum atomic E-state index is 0.0689. The maximum Gasteiger partial charge on any atom is 0.217 e. The summed E-state index contributed by atoms with van der Waals surface area (Å²) in [5.41, 5.74) is 3.82. The van der Waals surface area contributed by atoms with Crippen LogP contribution in [-0.4, -0.2) is 34.9 Å². The molecule has 1 atom stereocenters. The quantitative estimate of drug-likeness (QED) is 0.899. The van der Waals surface area contributed by atoms with Crippen molar-refractivity contribution in [3.05, 3.63) is 35.5 Å². The third-order valence-corrected chi connectivity index (χ3v) is 4.00. The zero-order valence-corrected chi connectivity index (χ0v) is 12.1. The standard InChI is InChI=1S/C16H21N3O/c1-11-3-4-15-13(8-17-16(15)7-11)9-19-6-5-14(10-19)18-12(2)20/h3-4,7-8,14,17H,5-6,9-10H2,1-2H3,(H,18,20). The molecule has 1 saturated heterocycles. The van der Waals surface area contributed by atoms with E-state index in [0.29, 0.717) is 6.04 Å². The Bertz CT molecular complexity index is 632. The van der Waals surface area contributed by atoms with E-state index in [1.807, 2.05) is 0 Å². The highest BCUT2D eigenvalue weighted by Crippen LogP contribution is 2.22. The fourth-order valence-electron chi connectivity index (χ4n) is 3.05. The first-order valence-electron chi connectivity index (χ1n) is 7.18. The Balaban J connectivity index is 1.70. The predicted octanol–water partition coefficient (Wildman–Crippen LogP) is 2.19. The second-order valence-corrected chi connectivity index (χ2v) is 5.78. The number of fused-ring (bicyclic) bond motifs is 1. The first-order chi connectivity index (χ1) is 9.61. The topological polar surface area (TPSA) is 48.1 Å². The maximum absolute atomic E-state index is 11.1. The maximum atomic E-state index is 11.1. The van der Waals surface area contributed by atoms with E-state index in [9.17, 15) is 4.79 Å². The molecule has 1 fully saturated rings. The van der Waals surface area contributed by atoms with E-state index >= 15 is 0 Å². The number of H-pyrrole nitrogens is 1. The number of rotatable bonds is 3. The number of carbonyl (C=O) groups is 1. The molecule has 0 saturated carbocycles. The number of nitrogens with one attached hydrogen (secondary N) is 2. The molecule has 3 rings (SSSR count). The summed E-state index contributed by atoms with van der Waals surface area (Å²) in [5, 5.41) is 4.31. The van der Waals surface area contributed by atoms with Crippen LogP contribution in [-0.2, 0) is 11.3 Å². The number of aromatic amines is 1. The van der Waals surface area contributed by atoms with Crippen LogP contribution in [0.4, 0.5) is 0 Å². The van der Waals surface area contributed by atoms with Gasteiger partial charge in [-0.3, -0.25) is 9.69 Å². The Kier molecular flexibility index (Phi) is 3.49. The lowest BCUT2D eigenvalue weighted by molar-refractivity contribution is -0.119. The van der Waals surface area contributed by atoms with E-state index < -0.39 is 0 Å². The summed E-state index contributed by atoms with van der Waals surface area (Å²) in [4.78, 5) is 16.9. The van der Waals surface area contributed by atoms with E-state index in [0.717, 1.165) is 26.1 Å². The molecule has 2 aromatic rings. The SMILES string of the molecule is CC(=O)NC1CCN(Cc2c[nH]c3cc(C)ccc23)C1. The number of hydrogen-bond acceptors (Lipinski definition) is 2. The lowest BCUT2D eigenvalue weighted by atomic mass is 10.1. The van der Waals surface area contributed by atoms with Crippen molar-refractivity contribution < 1.29 is 4.79 Å². The highest BCUT2D eigenvalue weighted by Gasteiger charge is 2.23. The third kappa shape index (κ3) is 2.70. The summed E-state index contributed by atoms with van der Waals surface area (Å²) in [6.45, 7) is 6.63. The van der Waals surface area contributed by atoms with E-state index in [4.69, 9.17) is 0 Å². The molecular weight excluding hydrogens is 250 g/mol. The van der Waals surface area contributed by atoms with Crippen molar-refractivity contribution >= 4 is 16.8 Å². The Morgan fingerprint density at radius 1 is 1.50 bits per heavy atom. The number of hydrogen-bond donors (Lipinski definition) is 2. The van der Waals surface area contributed by atoms with Crippen molar-refractivity contribution in [2.24, 2.45) is 0 Å². The molecule has 0 aliphatic carbocycles. The van der Waals surface area contributed by atoms with Gasteiger partial charge in [0, 0.05) is 49.7 Å². The van der Waals surface area contributed by atoms with Crippen LogP contribution in [0.25, 0.3) is 10.9 Å². The number of benzene rings is 1. The third-order valence-electron chi connectivity index (χ3n) is 4.00. The van der Waals surface area contributed by atoms with Gasteiger partial charge in [-0.25, -0.2) is 0 Å². The lowest BCUT2D eigenvalue weighted by Crippen LogP contribution is -2.35. The van der Waals surface area contributed by atoms with Gasteiger partial charge in [-0.1, -0.05) is 12.1 Å². The number of aromatic nitrogens is 1. The van der Waals surface area contributed by atoms with Crippen LogP contribution in [0.1, 0.15) is 24.5 Å². The molecule has 0 spiro atoms. The van der Waals surface area contributed by atoms with Gasteiger partial charge in [-0.05, 0) is 30.5 Å². The van der Waals surface area contributed by atoms with Crippen molar-refractivity contribution in [3.8, 4) is 0 Å². The second kappa shape index (κ2) is 5.29. The van der Waals surface area contributed by atoms with Crippen molar-refractivity contribution in [3.63, 3.8) is 0 Å². The highest BCUT2D eigenvalue weighted by atomic mass is 16.1. The highest BCUT2D eigenvalue weighted by molar-refractivity contribution is 5.83. The van der Waals surface area contributed by atoms with Crippen LogP contribution in [0.3, 0.4) is 0 Å². The van der Waals surface area contributed by atoms with Gasteiger partial charge in [0.15, 0.2) is 0 Å². The van der Waals surface area contributed by atoms with Crippen LogP contribution >= 0.6 is 0 Å². The van der Waals surface area contributed by atoms with E-state index in [1.54, 1.807) is 6.92 Å². The molecule has 106 valence electrons. The number of likely N-dealkylation sites (tertiary alicyclic amines) is 1. The molecule has 1 amide bonds. The smallest absolute Gasteiger partial charge is 0.217 e. The molecule has 1 aromatic carbocycles. The summed E-state index contributed by atoms with van der Waals surface area (Å²) < 4.78 is 0. The zero-order chi connectivity index (χ0) is 14.1. The Morgan fingerprint density at radius 2 is 2.35 bits per heavy atom. The molecule has 1 aliphatic rings. The molecule has 1 aliphatic heterocycles. The number of carbonyl (C=O) groups excluding carboxylic acids is 1. The normalized spacial score (nSPS) is 19.6. The molecule has 4 heteroatoms. The van der Waals surface area contributed by atoms with Gasteiger partial charge >= 0.3 is 0 Å². The molecule has 4 nitrogen and oxygen atoms in total. The molecule has 0 bridgehead atoms. The first-order valence-corrected chi connectivity index (χ1v) is 7.18. The van der Waals surface area contributed by atoms with E-state index in [1.165, 1.54) is 22.0 Å². The van der Waals surface area contributed by atoms with E-state index in [-0.39, 0.29) is 5.91 Å². The average molecular weight is 271 g/mol. The summed E-state index contributed by atoms with van der Waals surface area (Å²) in [6, 6.07) is 6.84. The fourth-order valence-corrected chi connectivity index (χ4v) is 3.05. The van der Waals surface area contributed by atoms with Crippen LogP contribution in [0.5, 0.6) is 0 Å². The van der Waals surface area contributed by atoms with Gasteiger partial charge in [0.05, 0.1) is 0 Å². The second-order valence-electron chi connectivity index (χ2n) is 5.78. The van der Waals surface area contributed by atoms with E-state index in [2.05, 4.69) is 46.5 Å². The average Bonchev–Trinajstić information content (AvgIpc) is 2.97. The molecule has 2 N–H and O–H groups in total. The van der Waals surface area contributed by atoms with Crippen LogP contribution in [0, 0.1) is 6.92 Å². The number of aryl methyl sites for hydroxylation is 1.